The smallest absolute Gasteiger partial charge is 0.326 e. The highest BCUT2D eigenvalue weighted by atomic mass is 32.2. The van der Waals surface area contributed by atoms with E-state index in [1.54, 1.807) is 11.8 Å². The van der Waals surface area contributed by atoms with Crippen molar-refractivity contribution in [1.29, 1.82) is 0 Å². The third kappa shape index (κ3) is 8.68. The van der Waals surface area contributed by atoms with E-state index < -0.39 is 30.4 Å². The van der Waals surface area contributed by atoms with E-state index in [1.807, 2.05) is 6.92 Å². The number of aliphatic carboxylic acids is 2. The van der Waals surface area contributed by atoms with Gasteiger partial charge in [-0.2, -0.15) is 11.8 Å². The van der Waals surface area contributed by atoms with Crippen molar-refractivity contribution in [1.82, 2.24) is 10.6 Å². The van der Waals surface area contributed by atoms with E-state index in [0.717, 1.165) is 17.9 Å². The number of rotatable bonds is 9. The number of carboxylic acid groups (broad SMARTS) is 2. The molecule has 0 unspecified atom stereocenters. The molecular formula is C10H18N2O5S. The van der Waals surface area contributed by atoms with Crippen LogP contribution in [0.4, 0.5) is 4.79 Å². The number of amides is 2. The highest BCUT2D eigenvalue weighted by molar-refractivity contribution is 7.99. The molecule has 0 spiro atoms. The number of carboxylic acids is 2. The van der Waals surface area contributed by atoms with E-state index in [2.05, 4.69) is 10.6 Å². The van der Waals surface area contributed by atoms with Crippen molar-refractivity contribution in [2.75, 3.05) is 18.1 Å². The van der Waals surface area contributed by atoms with Crippen LogP contribution in [0.15, 0.2) is 0 Å². The standard InChI is InChI=1S/C10H18N2O5S/c1-2-18-5-3-4-11-10(17)12-7(9(15)16)6-8(13)14/h7H,2-6H2,1H3,(H,13,14)(H,15,16)(H2,11,12,17)/t7-/m0/s1. The zero-order chi connectivity index (χ0) is 14.0. The molecule has 0 saturated heterocycles. The van der Waals surface area contributed by atoms with Gasteiger partial charge in [0, 0.05) is 6.54 Å². The molecule has 1 atom stereocenters. The van der Waals surface area contributed by atoms with Crippen LogP contribution in [0.1, 0.15) is 19.8 Å². The van der Waals surface area contributed by atoms with Gasteiger partial charge in [0.05, 0.1) is 6.42 Å². The molecule has 0 radical (unpaired) electrons. The maximum atomic E-state index is 11.3. The van der Waals surface area contributed by atoms with E-state index in [9.17, 15) is 14.4 Å². The fourth-order valence-corrected chi connectivity index (χ4v) is 1.74. The van der Waals surface area contributed by atoms with Crippen LogP contribution < -0.4 is 10.6 Å². The Hall–Kier alpha value is -1.44. The van der Waals surface area contributed by atoms with Crippen LogP contribution in [0.5, 0.6) is 0 Å². The third-order valence-electron chi connectivity index (χ3n) is 1.94. The van der Waals surface area contributed by atoms with E-state index in [4.69, 9.17) is 10.2 Å². The van der Waals surface area contributed by atoms with Crippen molar-refractivity contribution in [2.45, 2.75) is 25.8 Å². The Morgan fingerprint density at radius 3 is 2.44 bits per heavy atom. The van der Waals surface area contributed by atoms with Crippen LogP contribution in [0.25, 0.3) is 0 Å². The first-order valence-electron chi connectivity index (χ1n) is 5.54. The van der Waals surface area contributed by atoms with Crippen LogP contribution in [0.2, 0.25) is 0 Å². The third-order valence-corrected chi connectivity index (χ3v) is 2.92. The second-order valence-electron chi connectivity index (χ2n) is 3.44. The van der Waals surface area contributed by atoms with Crippen molar-refractivity contribution in [3.8, 4) is 0 Å². The Kier molecular flexibility index (Phi) is 8.81. The summed E-state index contributed by atoms with van der Waals surface area (Å²) >= 11 is 1.74. The van der Waals surface area contributed by atoms with Crippen molar-refractivity contribution < 1.29 is 24.6 Å². The quantitative estimate of drug-likeness (QED) is 0.452. The molecule has 0 bridgehead atoms. The second-order valence-corrected chi connectivity index (χ2v) is 4.83. The lowest BCUT2D eigenvalue weighted by atomic mass is 10.2. The first-order chi connectivity index (χ1) is 8.47. The molecule has 0 aromatic carbocycles. The van der Waals surface area contributed by atoms with Crippen molar-refractivity contribution in [3.05, 3.63) is 0 Å². The summed E-state index contributed by atoms with van der Waals surface area (Å²) in [6.45, 7) is 2.46. The minimum Gasteiger partial charge on any atom is -0.481 e. The van der Waals surface area contributed by atoms with Gasteiger partial charge in [0.2, 0.25) is 0 Å². The van der Waals surface area contributed by atoms with Gasteiger partial charge < -0.3 is 20.8 Å². The Morgan fingerprint density at radius 2 is 1.94 bits per heavy atom. The number of thioether (sulfide) groups is 1. The molecule has 0 rings (SSSR count). The summed E-state index contributed by atoms with van der Waals surface area (Å²) in [7, 11) is 0. The number of carbonyl (C=O) groups is 3. The molecule has 0 aliphatic heterocycles. The van der Waals surface area contributed by atoms with Gasteiger partial charge in [-0.15, -0.1) is 0 Å². The predicted molar refractivity (Wildman–Crippen MR) is 67.8 cm³/mol. The van der Waals surface area contributed by atoms with E-state index in [0.29, 0.717) is 6.54 Å². The molecule has 7 nitrogen and oxygen atoms in total. The van der Waals surface area contributed by atoms with Crippen molar-refractivity contribution >= 4 is 29.7 Å². The zero-order valence-electron chi connectivity index (χ0n) is 10.1. The average molecular weight is 278 g/mol. The Labute approximate surface area is 109 Å². The molecule has 0 fully saturated rings. The summed E-state index contributed by atoms with van der Waals surface area (Å²) in [6, 6.07) is -2.07. The average Bonchev–Trinajstić information content (AvgIpc) is 2.27. The molecule has 104 valence electrons. The van der Waals surface area contributed by atoms with Gasteiger partial charge in [-0.1, -0.05) is 6.92 Å². The van der Waals surface area contributed by atoms with E-state index in [1.165, 1.54) is 0 Å². The summed E-state index contributed by atoms with van der Waals surface area (Å²) < 4.78 is 0. The molecule has 0 aromatic rings. The fourth-order valence-electron chi connectivity index (χ4n) is 1.10. The first-order valence-corrected chi connectivity index (χ1v) is 6.69. The van der Waals surface area contributed by atoms with Crippen LogP contribution in [0.3, 0.4) is 0 Å². The summed E-state index contributed by atoms with van der Waals surface area (Å²) in [5.74, 6) is -0.726. The molecule has 0 aliphatic carbocycles. The number of carbonyl (C=O) groups excluding carboxylic acids is 1. The molecule has 0 aliphatic rings. The maximum Gasteiger partial charge on any atom is 0.326 e. The fraction of sp³-hybridized carbons (Fsp3) is 0.700. The minimum atomic E-state index is -1.41. The minimum absolute atomic E-state index is 0.429. The van der Waals surface area contributed by atoms with Crippen LogP contribution in [0, 0.1) is 0 Å². The van der Waals surface area contributed by atoms with Gasteiger partial charge in [-0.05, 0) is 17.9 Å². The number of nitrogens with one attached hydrogen (secondary N) is 2. The number of hydrogen-bond donors (Lipinski definition) is 4. The lowest BCUT2D eigenvalue weighted by Crippen LogP contribution is -2.47. The van der Waals surface area contributed by atoms with Crippen molar-refractivity contribution in [3.63, 3.8) is 0 Å². The number of urea groups is 1. The van der Waals surface area contributed by atoms with Gasteiger partial charge in [-0.3, -0.25) is 4.79 Å². The topological polar surface area (TPSA) is 116 Å². The monoisotopic (exact) mass is 278 g/mol. The molecule has 0 aromatic heterocycles. The summed E-state index contributed by atoms with van der Waals surface area (Å²) in [4.78, 5) is 32.4. The van der Waals surface area contributed by atoms with Gasteiger partial charge in [0.1, 0.15) is 6.04 Å². The highest BCUT2D eigenvalue weighted by Gasteiger charge is 2.22. The maximum absolute atomic E-state index is 11.3. The molecule has 2 amide bonds. The van der Waals surface area contributed by atoms with Crippen LogP contribution in [-0.4, -0.2) is 52.3 Å². The van der Waals surface area contributed by atoms with Gasteiger partial charge in [-0.25, -0.2) is 9.59 Å². The number of hydrogen-bond acceptors (Lipinski definition) is 4. The Balaban J connectivity index is 3.88. The second kappa shape index (κ2) is 9.58. The molecular weight excluding hydrogens is 260 g/mol. The molecule has 0 heterocycles. The van der Waals surface area contributed by atoms with Crippen LogP contribution >= 0.6 is 11.8 Å². The zero-order valence-corrected chi connectivity index (χ0v) is 11.0. The van der Waals surface area contributed by atoms with E-state index >= 15 is 0 Å². The molecule has 0 saturated carbocycles. The highest BCUT2D eigenvalue weighted by Crippen LogP contribution is 1.99. The molecule has 4 N–H and O–H groups in total. The summed E-state index contributed by atoms with van der Waals surface area (Å²) in [6.07, 6.45) is 0.136. The summed E-state index contributed by atoms with van der Waals surface area (Å²) in [5.41, 5.74) is 0. The molecule has 8 heteroatoms. The van der Waals surface area contributed by atoms with E-state index in [-0.39, 0.29) is 0 Å². The first kappa shape index (κ1) is 16.6. The van der Waals surface area contributed by atoms with Crippen LogP contribution in [-0.2, 0) is 9.59 Å². The normalized spacial score (nSPS) is 11.6. The molecule has 18 heavy (non-hydrogen) atoms. The summed E-state index contributed by atoms with van der Waals surface area (Å²) in [5, 5.41) is 21.8. The SMILES string of the molecule is CCSCCCNC(=O)N[C@@H](CC(=O)O)C(=O)O. The van der Waals surface area contributed by atoms with Gasteiger partial charge in [0.25, 0.3) is 0 Å². The van der Waals surface area contributed by atoms with Gasteiger partial charge >= 0.3 is 18.0 Å². The predicted octanol–water partition coefficient (Wildman–Crippen LogP) is 0.357. The Morgan fingerprint density at radius 1 is 1.28 bits per heavy atom. The largest absolute Gasteiger partial charge is 0.481 e. The Bertz CT molecular complexity index is 298. The van der Waals surface area contributed by atoms with Gasteiger partial charge in [0.15, 0.2) is 0 Å². The van der Waals surface area contributed by atoms with Crippen molar-refractivity contribution in [2.24, 2.45) is 0 Å². The lowest BCUT2D eigenvalue weighted by Gasteiger charge is -2.13. The lowest BCUT2D eigenvalue weighted by molar-refractivity contribution is -0.145.